The van der Waals surface area contributed by atoms with Crippen molar-refractivity contribution in [3.8, 4) is 5.75 Å². The van der Waals surface area contributed by atoms with Gasteiger partial charge in [-0.1, -0.05) is 12.1 Å². The number of H-pyrrole nitrogens is 2. The fourth-order valence-electron chi connectivity index (χ4n) is 3.41. The predicted molar refractivity (Wildman–Crippen MR) is 112 cm³/mol. The maximum Gasteiger partial charge on any atom is 0.323 e. The van der Waals surface area contributed by atoms with E-state index in [2.05, 4.69) is 29.8 Å². The number of nitrogens with zero attached hydrogens (tertiary/aromatic N) is 3. The summed E-state index contributed by atoms with van der Waals surface area (Å²) in [4.78, 5) is 25.8. The summed E-state index contributed by atoms with van der Waals surface area (Å²) in [6, 6.07) is 15.6. The van der Waals surface area contributed by atoms with Crippen LogP contribution in [0.1, 0.15) is 5.56 Å². The Bertz CT molecular complexity index is 1360. The molecule has 0 radical (unpaired) electrons. The van der Waals surface area contributed by atoms with Gasteiger partial charge < -0.3 is 24.6 Å². The minimum absolute atomic E-state index is 0.225. The Morgan fingerprint density at radius 1 is 1.03 bits per heavy atom. The van der Waals surface area contributed by atoms with Gasteiger partial charge in [0.1, 0.15) is 23.5 Å². The third kappa shape index (κ3) is 3.20. The fraction of sp³-hybridized carbons (Fsp3) is 0.0952. The van der Waals surface area contributed by atoms with Gasteiger partial charge in [-0.3, -0.25) is 0 Å². The van der Waals surface area contributed by atoms with E-state index in [1.807, 2.05) is 54.7 Å². The first-order valence-electron chi connectivity index (χ1n) is 9.11. The largest absolute Gasteiger partial charge is 0.497 e. The summed E-state index contributed by atoms with van der Waals surface area (Å²) in [7, 11) is 1.66. The molecule has 0 aliphatic rings. The molecule has 144 valence electrons. The van der Waals surface area contributed by atoms with Gasteiger partial charge >= 0.3 is 5.69 Å². The van der Waals surface area contributed by atoms with Crippen molar-refractivity contribution >= 4 is 33.6 Å². The zero-order chi connectivity index (χ0) is 19.8. The molecule has 0 atom stereocenters. The minimum Gasteiger partial charge on any atom is -0.497 e. The molecule has 0 aliphatic heterocycles. The lowest BCUT2D eigenvalue weighted by Crippen LogP contribution is -2.01. The van der Waals surface area contributed by atoms with Crippen molar-refractivity contribution in [1.82, 2.24) is 24.5 Å². The van der Waals surface area contributed by atoms with Gasteiger partial charge in [0.2, 0.25) is 0 Å². The lowest BCUT2D eigenvalue weighted by Gasteiger charge is -2.09. The molecule has 0 bridgehead atoms. The van der Waals surface area contributed by atoms with E-state index >= 15 is 0 Å². The molecular formula is C21H18N6O2. The number of fused-ring (bicyclic) bond motifs is 2. The molecule has 3 N–H and O–H groups in total. The van der Waals surface area contributed by atoms with Crippen LogP contribution in [0, 0.1) is 0 Å². The Kier molecular flexibility index (Phi) is 4.02. The molecule has 3 heterocycles. The molecule has 8 nitrogen and oxygen atoms in total. The fourth-order valence-corrected chi connectivity index (χ4v) is 3.41. The maximum absolute atomic E-state index is 11.5. The van der Waals surface area contributed by atoms with E-state index in [0.717, 1.165) is 39.1 Å². The zero-order valence-electron chi connectivity index (χ0n) is 15.6. The summed E-state index contributed by atoms with van der Waals surface area (Å²) in [6.45, 7) is 0.695. The van der Waals surface area contributed by atoms with E-state index in [1.165, 1.54) is 0 Å². The number of rotatable bonds is 5. The average Bonchev–Trinajstić information content (AvgIpc) is 3.31. The van der Waals surface area contributed by atoms with Crippen molar-refractivity contribution in [1.29, 1.82) is 0 Å². The highest BCUT2D eigenvalue weighted by atomic mass is 16.5. The van der Waals surface area contributed by atoms with Crippen LogP contribution in [0.25, 0.3) is 22.1 Å². The Labute approximate surface area is 165 Å². The smallest absolute Gasteiger partial charge is 0.323 e. The topological polar surface area (TPSA) is 101 Å². The van der Waals surface area contributed by atoms with Gasteiger partial charge in [-0.2, -0.15) is 0 Å². The van der Waals surface area contributed by atoms with E-state index in [0.29, 0.717) is 12.4 Å². The van der Waals surface area contributed by atoms with Crippen LogP contribution in [0.5, 0.6) is 5.75 Å². The summed E-state index contributed by atoms with van der Waals surface area (Å²) in [5.41, 5.74) is 4.10. The Morgan fingerprint density at radius 3 is 2.69 bits per heavy atom. The minimum atomic E-state index is -0.225. The van der Waals surface area contributed by atoms with Crippen molar-refractivity contribution in [2.45, 2.75) is 6.54 Å². The predicted octanol–water partition coefficient (Wildman–Crippen LogP) is 3.40. The van der Waals surface area contributed by atoms with E-state index in [4.69, 9.17) is 4.74 Å². The van der Waals surface area contributed by atoms with Crippen LogP contribution in [-0.2, 0) is 6.54 Å². The van der Waals surface area contributed by atoms with Crippen LogP contribution in [0.15, 0.2) is 65.8 Å². The van der Waals surface area contributed by atoms with Crippen LogP contribution >= 0.6 is 0 Å². The SMILES string of the molecule is COc1ccc(Cn2ccc3c(Nc4ccc5[nH]c(=O)[nH]c5c4)ncnc32)cc1. The van der Waals surface area contributed by atoms with Gasteiger partial charge in [0, 0.05) is 18.4 Å². The van der Waals surface area contributed by atoms with Gasteiger partial charge in [-0.15, -0.1) is 0 Å². The van der Waals surface area contributed by atoms with Gasteiger partial charge in [0.25, 0.3) is 0 Å². The number of hydrogen-bond acceptors (Lipinski definition) is 5. The Morgan fingerprint density at radius 2 is 1.86 bits per heavy atom. The molecule has 29 heavy (non-hydrogen) atoms. The summed E-state index contributed by atoms with van der Waals surface area (Å²) in [5.74, 6) is 1.54. The molecule has 0 saturated carbocycles. The number of hydrogen-bond donors (Lipinski definition) is 3. The van der Waals surface area contributed by atoms with Crippen LogP contribution in [0.3, 0.4) is 0 Å². The van der Waals surface area contributed by atoms with E-state index in [9.17, 15) is 4.79 Å². The molecule has 8 heteroatoms. The summed E-state index contributed by atoms with van der Waals surface area (Å²) in [6.07, 6.45) is 3.55. The van der Waals surface area contributed by atoms with Crippen LogP contribution < -0.4 is 15.7 Å². The number of aromatic amines is 2. The second-order valence-corrected chi connectivity index (χ2v) is 6.72. The molecular weight excluding hydrogens is 368 g/mol. The monoisotopic (exact) mass is 386 g/mol. The Hall–Kier alpha value is -4.07. The maximum atomic E-state index is 11.5. The van der Waals surface area contributed by atoms with Crippen molar-refractivity contribution in [3.05, 3.63) is 77.1 Å². The highest BCUT2D eigenvalue weighted by Crippen LogP contribution is 2.25. The lowest BCUT2D eigenvalue weighted by molar-refractivity contribution is 0.414. The second kappa shape index (κ2) is 6.83. The van der Waals surface area contributed by atoms with Crippen molar-refractivity contribution < 1.29 is 4.74 Å². The van der Waals surface area contributed by atoms with Gasteiger partial charge in [0.05, 0.1) is 23.5 Å². The molecule has 2 aromatic carbocycles. The van der Waals surface area contributed by atoms with Gasteiger partial charge in [0.15, 0.2) is 0 Å². The first-order chi connectivity index (χ1) is 14.2. The molecule has 3 aromatic heterocycles. The quantitative estimate of drug-likeness (QED) is 0.430. The van der Waals surface area contributed by atoms with Crippen molar-refractivity contribution in [2.75, 3.05) is 12.4 Å². The number of ether oxygens (including phenoxy) is 1. The molecule has 0 unspecified atom stereocenters. The van der Waals surface area contributed by atoms with E-state index < -0.39 is 0 Å². The number of benzene rings is 2. The average molecular weight is 386 g/mol. The summed E-state index contributed by atoms with van der Waals surface area (Å²) < 4.78 is 7.30. The van der Waals surface area contributed by atoms with Crippen molar-refractivity contribution in [3.63, 3.8) is 0 Å². The Balaban J connectivity index is 1.46. The lowest BCUT2D eigenvalue weighted by atomic mass is 10.2. The highest BCUT2D eigenvalue weighted by molar-refractivity contribution is 5.90. The standard InChI is InChI=1S/C21H18N6O2/c1-29-15-5-2-13(3-6-15)11-27-9-8-16-19(22-12-23-20(16)27)24-14-4-7-17-18(10-14)26-21(28)25-17/h2-10,12H,11H2,1H3,(H,22,23,24)(H2,25,26,28). The molecule has 0 fully saturated rings. The molecule has 5 rings (SSSR count). The van der Waals surface area contributed by atoms with Crippen molar-refractivity contribution in [2.24, 2.45) is 0 Å². The first-order valence-corrected chi connectivity index (χ1v) is 9.11. The van der Waals surface area contributed by atoms with E-state index in [1.54, 1.807) is 13.4 Å². The second-order valence-electron chi connectivity index (χ2n) is 6.72. The number of imidazole rings is 1. The third-order valence-electron chi connectivity index (χ3n) is 4.85. The van der Waals surface area contributed by atoms with Crippen LogP contribution in [0.2, 0.25) is 0 Å². The normalized spacial score (nSPS) is 11.2. The first kappa shape index (κ1) is 17.1. The van der Waals surface area contributed by atoms with Gasteiger partial charge in [-0.05, 0) is 42.0 Å². The summed E-state index contributed by atoms with van der Waals surface area (Å²) >= 11 is 0. The number of nitrogens with one attached hydrogen (secondary N) is 3. The molecule has 0 amide bonds. The molecule has 5 aromatic rings. The van der Waals surface area contributed by atoms with E-state index in [-0.39, 0.29) is 5.69 Å². The number of anilines is 2. The molecule has 0 spiro atoms. The molecule has 0 saturated heterocycles. The number of aromatic nitrogens is 5. The van der Waals surface area contributed by atoms with Crippen LogP contribution in [-0.4, -0.2) is 31.6 Å². The van der Waals surface area contributed by atoms with Gasteiger partial charge in [-0.25, -0.2) is 14.8 Å². The summed E-state index contributed by atoms with van der Waals surface area (Å²) in [5, 5.41) is 4.24. The number of methoxy groups -OCH3 is 1. The zero-order valence-corrected chi connectivity index (χ0v) is 15.6. The third-order valence-corrected chi connectivity index (χ3v) is 4.85. The highest BCUT2D eigenvalue weighted by Gasteiger charge is 2.10. The molecule has 0 aliphatic carbocycles. The van der Waals surface area contributed by atoms with Crippen LogP contribution in [0.4, 0.5) is 11.5 Å².